The van der Waals surface area contributed by atoms with Crippen LogP contribution >= 0.6 is 0 Å². The molecular formula is C5H9F3O2S. The molecular weight excluding hydrogens is 181 g/mol. The summed E-state index contributed by atoms with van der Waals surface area (Å²) in [5, 5.41) is 0. The SMILES string of the molecule is CC(CS(C)(=O)=O)C(F)(F)F. The van der Waals surface area contributed by atoms with Gasteiger partial charge in [0.2, 0.25) is 0 Å². The van der Waals surface area contributed by atoms with Gasteiger partial charge in [-0.25, -0.2) is 8.42 Å². The number of sulfone groups is 1. The maximum absolute atomic E-state index is 11.7. The van der Waals surface area contributed by atoms with Crippen molar-refractivity contribution >= 4 is 9.84 Å². The highest BCUT2D eigenvalue weighted by Crippen LogP contribution is 2.26. The molecule has 0 aromatic carbocycles. The molecule has 0 aliphatic carbocycles. The molecule has 0 bridgehead atoms. The Hall–Kier alpha value is -0.260. The van der Waals surface area contributed by atoms with Crippen molar-refractivity contribution in [2.24, 2.45) is 5.92 Å². The van der Waals surface area contributed by atoms with Crippen LogP contribution in [-0.4, -0.2) is 26.6 Å². The molecule has 0 aliphatic heterocycles. The van der Waals surface area contributed by atoms with Crippen LogP contribution in [0.25, 0.3) is 0 Å². The van der Waals surface area contributed by atoms with E-state index < -0.39 is 27.7 Å². The van der Waals surface area contributed by atoms with E-state index in [-0.39, 0.29) is 0 Å². The van der Waals surface area contributed by atoms with E-state index in [9.17, 15) is 21.6 Å². The topological polar surface area (TPSA) is 34.1 Å². The standard InChI is InChI=1S/C5H9F3O2S/c1-4(5(6,7)8)3-11(2,9)10/h4H,3H2,1-2H3. The van der Waals surface area contributed by atoms with Gasteiger partial charge in [-0.15, -0.1) is 0 Å². The number of alkyl halides is 3. The molecule has 0 spiro atoms. The first-order valence-corrected chi connectivity index (χ1v) is 4.93. The first-order chi connectivity index (χ1) is 4.63. The third-order valence-corrected chi connectivity index (χ3v) is 2.22. The Morgan fingerprint density at radius 1 is 1.36 bits per heavy atom. The molecule has 0 amide bonds. The largest absolute Gasteiger partial charge is 0.392 e. The lowest BCUT2D eigenvalue weighted by Gasteiger charge is -2.13. The van der Waals surface area contributed by atoms with Crippen molar-refractivity contribution in [3.8, 4) is 0 Å². The minimum Gasteiger partial charge on any atom is -0.229 e. The number of hydrogen-bond donors (Lipinski definition) is 0. The fraction of sp³-hybridized carbons (Fsp3) is 1.00. The molecule has 0 heterocycles. The molecule has 0 saturated carbocycles. The lowest BCUT2D eigenvalue weighted by Crippen LogP contribution is -2.26. The average Bonchev–Trinajstić information content (AvgIpc) is 1.56. The van der Waals surface area contributed by atoms with Crippen molar-refractivity contribution in [2.45, 2.75) is 13.1 Å². The molecule has 1 unspecified atom stereocenters. The minimum absolute atomic E-state index is 0.787. The van der Waals surface area contributed by atoms with E-state index in [1.807, 2.05) is 0 Å². The summed E-state index contributed by atoms with van der Waals surface area (Å²) >= 11 is 0. The van der Waals surface area contributed by atoms with Crippen molar-refractivity contribution in [3.05, 3.63) is 0 Å². The highest BCUT2D eigenvalue weighted by atomic mass is 32.2. The van der Waals surface area contributed by atoms with Gasteiger partial charge in [0.25, 0.3) is 0 Å². The Kier molecular flexibility index (Phi) is 2.93. The highest BCUT2D eigenvalue weighted by Gasteiger charge is 2.37. The van der Waals surface area contributed by atoms with Gasteiger partial charge in [0.05, 0.1) is 11.7 Å². The van der Waals surface area contributed by atoms with Crippen LogP contribution in [0.5, 0.6) is 0 Å². The Bertz CT molecular complexity index is 216. The van der Waals surface area contributed by atoms with E-state index in [0.717, 1.165) is 13.2 Å². The minimum atomic E-state index is -4.41. The maximum Gasteiger partial charge on any atom is 0.392 e. The van der Waals surface area contributed by atoms with Crippen LogP contribution in [0, 0.1) is 5.92 Å². The predicted molar refractivity (Wildman–Crippen MR) is 34.9 cm³/mol. The van der Waals surface area contributed by atoms with E-state index in [2.05, 4.69) is 0 Å². The lowest BCUT2D eigenvalue weighted by atomic mass is 10.2. The highest BCUT2D eigenvalue weighted by molar-refractivity contribution is 7.90. The van der Waals surface area contributed by atoms with Crippen molar-refractivity contribution in [2.75, 3.05) is 12.0 Å². The summed E-state index contributed by atoms with van der Waals surface area (Å²) in [7, 11) is -3.53. The first kappa shape index (κ1) is 10.7. The van der Waals surface area contributed by atoms with Crippen LogP contribution in [-0.2, 0) is 9.84 Å². The molecule has 1 atom stereocenters. The van der Waals surface area contributed by atoms with Crippen molar-refractivity contribution < 1.29 is 21.6 Å². The van der Waals surface area contributed by atoms with Crippen LogP contribution in [0.1, 0.15) is 6.92 Å². The Morgan fingerprint density at radius 2 is 1.73 bits per heavy atom. The molecule has 6 heteroatoms. The van der Waals surface area contributed by atoms with Crippen LogP contribution < -0.4 is 0 Å². The number of hydrogen-bond acceptors (Lipinski definition) is 2. The van der Waals surface area contributed by atoms with Crippen molar-refractivity contribution in [1.82, 2.24) is 0 Å². The van der Waals surface area contributed by atoms with Gasteiger partial charge in [-0.1, -0.05) is 6.92 Å². The monoisotopic (exact) mass is 190 g/mol. The molecule has 0 saturated heterocycles. The second-order valence-electron chi connectivity index (χ2n) is 2.54. The van der Waals surface area contributed by atoms with Gasteiger partial charge in [0, 0.05) is 6.26 Å². The third-order valence-electron chi connectivity index (χ3n) is 1.11. The van der Waals surface area contributed by atoms with Gasteiger partial charge in [0.1, 0.15) is 9.84 Å². The zero-order valence-electron chi connectivity index (χ0n) is 6.14. The smallest absolute Gasteiger partial charge is 0.229 e. The second-order valence-corrected chi connectivity index (χ2v) is 4.72. The fourth-order valence-electron chi connectivity index (χ4n) is 0.549. The molecule has 2 nitrogen and oxygen atoms in total. The molecule has 0 aliphatic rings. The Balaban J connectivity index is 4.21. The Morgan fingerprint density at radius 3 is 1.82 bits per heavy atom. The molecule has 68 valence electrons. The summed E-state index contributed by atoms with van der Waals surface area (Å²) in [6, 6.07) is 0. The van der Waals surface area contributed by atoms with E-state index in [4.69, 9.17) is 0 Å². The lowest BCUT2D eigenvalue weighted by molar-refractivity contribution is -0.163. The van der Waals surface area contributed by atoms with Crippen molar-refractivity contribution in [3.63, 3.8) is 0 Å². The fourth-order valence-corrected chi connectivity index (χ4v) is 1.65. The van der Waals surface area contributed by atoms with Gasteiger partial charge in [-0.05, 0) is 0 Å². The molecule has 0 fully saturated rings. The molecule has 0 N–H and O–H groups in total. The normalized spacial score (nSPS) is 16.5. The van der Waals surface area contributed by atoms with Gasteiger partial charge in [-0.2, -0.15) is 13.2 Å². The molecule has 0 aromatic heterocycles. The van der Waals surface area contributed by atoms with E-state index in [1.54, 1.807) is 0 Å². The quantitative estimate of drug-likeness (QED) is 0.656. The average molecular weight is 190 g/mol. The summed E-state index contributed by atoms with van der Waals surface area (Å²) in [5.74, 6) is -2.62. The van der Waals surface area contributed by atoms with Gasteiger partial charge < -0.3 is 0 Å². The van der Waals surface area contributed by atoms with Gasteiger partial charge in [0.15, 0.2) is 0 Å². The zero-order valence-corrected chi connectivity index (χ0v) is 6.96. The van der Waals surface area contributed by atoms with Crippen LogP contribution in [0.4, 0.5) is 13.2 Å². The number of halogens is 3. The molecule has 0 radical (unpaired) electrons. The van der Waals surface area contributed by atoms with Crippen LogP contribution in [0.2, 0.25) is 0 Å². The Labute approximate surface area is 63.3 Å². The third kappa shape index (κ3) is 5.06. The maximum atomic E-state index is 11.7. The predicted octanol–water partition coefficient (Wildman–Crippen LogP) is 1.23. The second kappa shape index (κ2) is 3.00. The number of rotatable bonds is 2. The zero-order chi connectivity index (χ0) is 9.28. The summed E-state index contributed by atoms with van der Waals surface area (Å²) in [6.07, 6.45) is -3.63. The van der Waals surface area contributed by atoms with Crippen LogP contribution in [0.3, 0.4) is 0 Å². The van der Waals surface area contributed by atoms with Gasteiger partial charge in [-0.3, -0.25) is 0 Å². The summed E-state index contributed by atoms with van der Waals surface area (Å²) in [5.41, 5.74) is 0. The summed E-state index contributed by atoms with van der Waals surface area (Å²) in [4.78, 5) is 0. The summed E-state index contributed by atoms with van der Waals surface area (Å²) < 4.78 is 55.9. The molecule has 0 rings (SSSR count). The van der Waals surface area contributed by atoms with E-state index in [1.165, 1.54) is 0 Å². The molecule has 11 heavy (non-hydrogen) atoms. The van der Waals surface area contributed by atoms with Crippen LogP contribution in [0.15, 0.2) is 0 Å². The van der Waals surface area contributed by atoms with Crippen molar-refractivity contribution in [1.29, 1.82) is 0 Å². The summed E-state index contributed by atoms with van der Waals surface area (Å²) in [6.45, 7) is 0.848. The molecule has 0 aromatic rings. The first-order valence-electron chi connectivity index (χ1n) is 2.87. The van der Waals surface area contributed by atoms with E-state index >= 15 is 0 Å². The van der Waals surface area contributed by atoms with Gasteiger partial charge >= 0.3 is 6.18 Å². The van der Waals surface area contributed by atoms with E-state index in [0.29, 0.717) is 0 Å².